The van der Waals surface area contributed by atoms with Crippen molar-refractivity contribution >= 4 is 28.5 Å². The van der Waals surface area contributed by atoms with Crippen molar-refractivity contribution in [1.29, 1.82) is 0 Å². The Kier molecular flexibility index (Phi) is 7.68. The lowest BCUT2D eigenvalue weighted by Gasteiger charge is -2.28. The van der Waals surface area contributed by atoms with Gasteiger partial charge in [-0.3, -0.25) is 9.69 Å². The zero-order valence-corrected chi connectivity index (χ0v) is 22.4. The van der Waals surface area contributed by atoms with Crippen molar-refractivity contribution in [3.8, 4) is 11.3 Å². The number of aliphatic hydroxyl groups excluding tert-OH is 1. The quantitative estimate of drug-likeness (QED) is 0.477. The molecule has 0 radical (unpaired) electrons. The molecule has 38 heavy (non-hydrogen) atoms. The molecule has 0 unspecified atom stereocenters. The molecule has 3 aromatic rings. The van der Waals surface area contributed by atoms with E-state index >= 15 is 4.39 Å². The van der Waals surface area contributed by atoms with Crippen molar-refractivity contribution in [2.45, 2.75) is 64.5 Å². The van der Waals surface area contributed by atoms with E-state index in [-0.39, 0.29) is 51.7 Å². The lowest BCUT2D eigenvalue weighted by molar-refractivity contribution is -0.0136. The Hall–Kier alpha value is -2.66. The Labute approximate surface area is 224 Å². The molecule has 5 rings (SSSR count). The summed E-state index contributed by atoms with van der Waals surface area (Å²) in [6.45, 7) is 7.81. The summed E-state index contributed by atoms with van der Waals surface area (Å²) in [7, 11) is 0. The van der Waals surface area contributed by atoms with Crippen LogP contribution in [-0.4, -0.2) is 69.2 Å². The van der Waals surface area contributed by atoms with Gasteiger partial charge in [0.25, 0.3) is 0 Å². The van der Waals surface area contributed by atoms with Crippen LogP contribution in [0.4, 0.5) is 14.7 Å². The van der Waals surface area contributed by atoms with Gasteiger partial charge < -0.3 is 19.7 Å². The van der Waals surface area contributed by atoms with E-state index in [1.54, 1.807) is 13.0 Å². The highest BCUT2D eigenvalue weighted by Gasteiger charge is 2.27. The molecule has 204 valence electrons. The van der Waals surface area contributed by atoms with E-state index in [0.29, 0.717) is 50.2 Å². The standard InChI is InChI=1S/C27H32ClF2N5O3/c1-14(2)35-22-9-17(25-19(28)10-31-27(33-25)32-21-5-7-38-13-24(21)36)20(30)8-18(22)26(37)15(3)23(35)12-34-6-4-16(29)11-34/h8-10,14,16,21,24,36H,4-7,11-13H2,1-3H3,(H,31,32,33)/t16-,21+,24+/m0/s1. The summed E-state index contributed by atoms with van der Waals surface area (Å²) in [4.78, 5) is 24.1. The molecular weight excluding hydrogens is 516 g/mol. The number of halogens is 3. The van der Waals surface area contributed by atoms with Crippen LogP contribution >= 0.6 is 11.6 Å². The Morgan fingerprint density at radius 3 is 2.79 bits per heavy atom. The molecule has 2 saturated heterocycles. The molecule has 2 N–H and O–H groups in total. The van der Waals surface area contributed by atoms with Crippen LogP contribution in [-0.2, 0) is 11.3 Å². The van der Waals surface area contributed by atoms with Gasteiger partial charge in [-0.2, -0.15) is 0 Å². The fourth-order valence-electron chi connectivity index (χ4n) is 5.39. The summed E-state index contributed by atoms with van der Waals surface area (Å²) < 4.78 is 36.7. The molecule has 0 bridgehead atoms. The Balaban J connectivity index is 1.62. The molecule has 0 aliphatic carbocycles. The van der Waals surface area contributed by atoms with Gasteiger partial charge in [-0.05, 0) is 45.7 Å². The smallest absolute Gasteiger partial charge is 0.223 e. The van der Waals surface area contributed by atoms with E-state index in [9.17, 15) is 14.3 Å². The molecule has 4 heterocycles. The second-order valence-corrected chi connectivity index (χ2v) is 10.8. The van der Waals surface area contributed by atoms with Gasteiger partial charge in [0.2, 0.25) is 5.95 Å². The maximum Gasteiger partial charge on any atom is 0.223 e. The number of hydrogen-bond acceptors (Lipinski definition) is 7. The van der Waals surface area contributed by atoms with Crippen LogP contribution in [0.1, 0.15) is 44.0 Å². The minimum absolute atomic E-state index is 0.0537. The summed E-state index contributed by atoms with van der Waals surface area (Å²) in [6, 6.07) is 2.48. The summed E-state index contributed by atoms with van der Waals surface area (Å²) in [5, 5.41) is 13.7. The van der Waals surface area contributed by atoms with E-state index in [0.717, 1.165) is 5.69 Å². The molecule has 8 nitrogen and oxygen atoms in total. The van der Waals surface area contributed by atoms with Crippen LogP contribution in [0.2, 0.25) is 5.02 Å². The third kappa shape index (κ3) is 5.14. The molecule has 11 heteroatoms. The molecule has 2 aliphatic rings. The van der Waals surface area contributed by atoms with Gasteiger partial charge in [0, 0.05) is 54.5 Å². The molecule has 3 atom stereocenters. The average Bonchev–Trinajstić information content (AvgIpc) is 3.29. The van der Waals surface area contributed by atoms with E-state index in [1.807, 2.05) is 23.3 Å². The highest BCUT2D eigenvalue weighted by Crippen LogP contribution is 2.33. The summed E-state index contributed by atoms with van der Waals surface area (Å²) in [6.07, 6.45) is 0.824. The largest absolute Gasteiger partial charge is 0.389 e. The summed E-state index contributed by atoms with van der Waals surface area (Å²) >= 11 is 6.44. The lowest BCUT2D eigenvalue weighted by atomic mass is 10.0. The second-order valence-electron chi connectivity index (χ2n) is 10.4. The molecule has 2 fully saturated rings. The summed E-state index contributed by atoms with van der Waals surface area (Å²) in [5.41, 5.74) is 1.93. The van der Waals surface area contributed by atoms with E-state index < -0.39 is 18.1 Å². The molecule has 2 aliphatic heterocycles. The SMILES string of the molecule is Cc1c(CN2CC[C@H](F)C2)n(C(C)C)c2cc(-c3nc(N[C@@H]4CCOC[C@H]4O)ncc3Cl)c(F)cc2c1=O. The van der Waals surface area contributed by atoms with Crippen LogP contribution in [0.25, 0.3) is 22.2 Å². The summed E-state index contributed by atoms with van der Waals surface area (Å²) in [5.74, 6) is -0.426. The number of pyridine rings is 1. The number of nitrogens with zero attached hydrogens (tertiary/aromatic N) is 4. The first-order chi connectivity index (χ1) is 18.1. The lowest BCUT2D eigenvalue weighted by Crippen LogP contribution is -2.42. The van der Waals surface area contributed by atoms with Gasteiger partial charge in [0.05, 0.1) is 41.2 Å². The number of likely N-dealkylation sites (tertiary alicyclic amines) is 1. The Morgan fingerprint density at radius 1 is 1.32 bits per heavy atom. The third-order valence-corrected chi connectivity index (χ3v) is 7.68. The number of aliphatic hydroxyl groups is 1. The Bertz CT molecular complexity index is 1420. The number of rotatable bonds is 6. The predicted octanol–water partition coefficient (Wildman–Crippen LogP) is 4.25. The van der Waals surface area contributed by atoms with Crippen LogP contribution in [0.5, 0.6) is 0 Å². The van der Waals surface area contributed by atoms with Gasteiger partial charge in [0.15, 0.2) is 5.43 Å². The minimum Gasteiger partial charge on any atom is -0.389 e. The minimum atomic E-state index is -0.874. The van der Waals surface area contributed by atoms with Crippen LogP contribution in [0.15, 0.2) is 23.1 Å². The maximum atomic E-state index is 15.6. The third-order valence-electron chi connectivity index (χ3n) is 7.40. The number of aromatic nitrogens is 3. The van der Waals surface area contributed by atoms with Crippen LogP contribution < -0.4 is 10.7 Å². The number of hydrogen-bond donors (Lipinski definition) is 2. The molecule has 2 aromatic heterocycles. The number of nitrogens with one attached hydrogen (secondary N) is 1. The van der Waals surface area contributed by atoms with Gasteiger partial charge in [-0.15, -0.1) is 0 Å². The predicted molar refractivity (Wildman–Crippen MR) is 143 cm³/mol. The van der Waals surface area contributed by atoms with Crippen molar-refractivity contribution in [2.75, 3.05) is 31.6 Å². The molecule has 0 saturated carbocycles. The molecular formula is C27H32ClF2N5O3. The highest BCUT2D eigenvalue weighted by molar-refractivity contribution is 6.33. The van der Waals surface area contributed by atoms with Crippen molar-refractivity contribution in [3.63, 3.8) is 0 Å². The first kappa shape index (κ1) is 26.9. The van der Waals surface area contributed by atoms with E-state index in [1.165, 1.54) is 12.3 Å². The number of anilines is 1. The van der Waals surface area contributed by atoms with Crippen molar-refractivity contribution in [1.82, 2.24) is 19.4 Å². The average molecular weight is 548 g/mol. The highest BCUT2D eigenvalue weighted by atomic mass is 35.5. The topological polar surface area (TPSA) is 92.5 Å². The van der Waals surface area contributed by atoms with Gasteiger partial charge in [0.1, 0.15) is 12.0 Å². The molecule has 0 spiro atoms. The Morgan fingerprint density at radius 2 is 2.11 bits per heavy atom. The number of fused-ring (bicyclic) bond motifs is 1. The molecule has 1 aromatic carbocycles. The zero-order valence-electron chi connectivity index (χ0n) is 21.7. The maximum absolute atomic E-state index is 15.6. The molecule has 0 amide bonds. The van der Waals surface area contributed by atoms with E-state index in [2.05, 4.69) is 15.3 Å². The monoisotopic (exact) mass is 547 g/mol. The zero-order chi connectivity index (χ0) is 27.1. The fourth-order valence-corrected chi connectivity index (χ4v) is 5.58. The number of ether oxygens (including phenoxy) is 1. The van der Waals surface area contributed by atoms with Crippen molar-refractivity contribution < 1.29 is 18.6 Å². The number of alkyl halides is 1. The first-order valence-corrected chi connectivity index (χ1v) is 13.3. The normalized spacial score (nSPS) is 22.5. The number of benzene rings is 1. The van der Waals surface area contributed by atoms with Crippen molar-refractivity contribution in [2.24, 2.45) is 0 Å². The fraction of sp³-hybridized carbons (Fsp3) is 0.519. The van der Waals surface area contributed by atoms with Gasteiger partial charge in [-0.25, -0.2) is 18.7 Å². The van der Waals surface area contributed by atoms with Crippen LogP contribution in [0.3, 0.4) is 0 Å². The van der Waals surface area contributed by atoms with Gasteiger partial charge >= 0.3 is 0 Å². The van der Waals surface area contributed by atoms with Gasteiger partial charge in [-0.1, -0.05) is 11.6 Å². The second kappa shape index (κ2) is 10.8. The van der Waals surface area contributed by atoms with E-state index in [4.69, 9.17) is 16.3 Å². The van der Waals surface area contributed by atoms with Crippen LogP contribution in [0, 0.1) is 12.7 Å². The van der Waals surface area contributed by atoms with Crippen molar-refractivity contribution in [3.05, 3.63) is 50.7 Å². The first-order valence-electron chi connectivity index (χ1n) is 12.9.